The van der Waals surface area contributed by atoms with Gasteiger partial charge in [-0.3, -0.25) is 0 Å². The van der Waals surface area contributed by atoms with Crippen LogP contribution in [-0.4, -0.2) is 65.5 Å². The minimum atomic E-state index is -2.58. The summed E-state index contributed by atoms with van der Waals surface area (Å²) in [5.74, 6) is 0. The second-order valence-corrected chi connectivity index (χ2v) is 9.15. The number of hydrogen-bond donors (Lipinski definition) is 0. The third-order valence-electron chi connectivity index (χ3n) is 3.94. The summed E-state index contributed by atoms with van der Waals surface area (Å²) in [5.41, 5.74) is 0. The van der Waals surface area contributed by atoms with Crippen LogP contribution in [0.2, 0.25) is 6.04 Å². The van der Waals surface area contributed by atoms with Gasteiger partial charge in [0, 0.05) is 32.5 Å². The molecule has 1 atom stereocenters. The Morgan fingerprint density at radius 1 is 0.800 bits per heavy atom. The van der Waals surface area contributed by atoms with E-state index in [9.17, 15) is 0 Å². The molecule has 1 saturated heterocycles. The lowest BCUT2D eigenvalue weighted by molar-refractivity contribution is 0.0515. The number of ether oxygens (including phenoxy) is 2. The molecule has 1 fully saturated rings. The van der Waals surface area contributed by atoms with Crippen LogP contribution in [0.4, 0.5) is 0 Å². The first-order valence-electron chi connectivity index (χ1n) is 9.87. The van der Waals surface area contributed by atoms with Gasteiger partial charge in [-0.25, -0.2) is 0 Å². The number of unbranched alkanes of at least 4 members (excludes halogenated alkanes) is 3. The minimum Gasteiger partial charge on any atom is -0.379 e. The van der Waals surface area contributed by atoms with Crippen molar-refractivity contribution in [3.05, 3.63) is 0 Å². The van der Waals surface area contributed by atoms with E-state index in [4.69, 9.17) is 22.8 Å². The molecule has 0 aromatic carbocycles. The van der Waals surface area contributed by atoms with Gasteiger partial charge in [0.05, 0.1) is 13.2 Å². The van der Waals surface area contributed by atoms with Crippen LogP contribution in [0.15, 0.2) is 0 Å². The number of epoxide rings is 1. The van der Waals surface area contributed by atoms with E-state index < -0.39 is 8.80 Å². The molecular formula is C18H42O5Si2. The van der Waals surface area contributed by atoms with Gasteiger partial charge in [0.2, 0.25) is 0 Å². The Bertz CT molecular complexity index is 264. The first-order chi connectivity index (χ1) is 11.8. The Hall–Kier alpha value is 0.234. The van der Waals surface area contributed by atoms with Crippen LogP contribution >= 0.6 is 0 Å². The van der Waals surface area contributed by atoms with E-state index in [1.807, 2.05) is 0 Å². The van der Waals surface area contributed by atoms with E-state index in [-0.39, 0.29) is 11.0 Å². The van der Waals surface area contributed by atoms with E-state index in [2.05, 4.69) is 20.8 Å². The molecule has 1 heterocycles. The molecule has 5 nitrogen and oxygen atoms in total. The fourth-order valence-corrected chi connectivity index (χ4v) is 4.85. The maximum Gasteiger partial charge on any atom is 0.501 e. The maximum absolute atomic E-state index is 6.22. The molecule has 7 heteroatoms. The van der Waals surface area contributed by atoms with Gasteiger partial charge in [-0.05, 0) is 36.6 Å². The molecule has 0 aliphatic carbocycles. The van der Waals surface area contributed by atoms with Gasteiger partial charge in [-0.2, -0.15) is 0 Å². The van der Waals surface area contributed by atoms with Gasteiger partial charge in [0.1, 0.15) is 6.10 Å². The summed E-state index contributed by atoms with van der Waals surface area (Å²) in [5, 5.41) is 0. The van der Waals surface area contributed by atoms with Crippen molar-refractivity contribution in [1.29, 1.82) is 0 Å². The topological polar surface area (TPSA) is 49.5 Å². The average molecular weight is 395 g/mol. The highest BCUT2D eigenvalue weighted by atomic mass is 28.4. The fourth-order valence-electron chi connectivity index (χ4n) is 2.23. The zero-order valence-corrected chi connectivity index (χ0v) is 17.0. The van der Waals surface area contributed by atoms with Crippen LogP contribution in [-0.2, 0) is 22.8 Å². The van der Waals surface area contributed by atoms with E-state index in [0.717, 1.165) is 84.0 Å². The van der Waals surface area contributed by atoms with Crippen molar-refractivity contribution in [3.63, 3.8) is 0 Å². The number of rotatable bonds is 18. The van der Waals surface area contributed by atoms with Crippen molar-refractivity contribution in [3.8, 4) is 0 Å². The highest BCUT2D eigenvalue weighted by Gasteiger charge is 2.40. The molecule has 0 aromatic heterocycles. The van der Waals surface area contributed by atoms with Crippen LogP contribution in [0.25, 0.3) is 0 Å². The molecule has 0 saturated carbocycles. The molecule has 1 unspecified atom stereocenters. The van der Waals surface area contributed by atoms with E-state index in [1.54, 1.807) is 0 Å². The molecule has 0 radical (unpaired) electrons. The van der Waals surface area contributed by atoms with E-state index >= 15 is 0 Å². The van der Waals surface area contributed by atoms with Crippen LogP contribution in [0, 0.1) is 0 Å². The molecule has 0 N–H and O–H groups in total. The van der Waals surface area contributed by atoms with Gasteiger partial charge in [0.15, 0.2) is 0 Å². The largest absolute Gasteiger partial charge is 0.501 e. The summed E-state index contributed by atoms with van der Waals surface area (Å²) < 4.78 is 29.5. The summed E-state index contributed by atoms with van der Waals surface area (Å²) >= 11 is 0. The molecule has 25 heavy (non-hydrogen) atoms. The molecule has 1 aliphatic heterocycles. The molecule has 0 amide bonds. The van der Waals surface area contributed by atoms with Gasteiger partial charge in [0.25, 0.3) is 0 Å². The maximum atomic E-state index is 6.22. The van der Waals surface area contributed by atoms with Crippen LogP contribution in [0.3, 0.4) is 0 Å². The summed E-state index contributed by atoms with van der Waals surface area (Å²) in [4.78, 5) is 0. The first-order valence-corrected chi connectivity index (χ1v) is 11.8. The number of hydrogen-bond acceptors (Lipinski definition) is 5. The SMILES string of the molecule is CCCCO[Si](CCCOCC1CO1)(OCCCC)OCCCC.[SiH4]. The van der Waals surface area contributed by atoms with Crippen LogP contribution in [0.1, 0.15) is 65.7 Å². The van der Waals surface area contributed by atoms with Crippen molar-refractivity contribution in [2.45, 2.75) is 77.9 Å². The Kier molecular flexibility index (Phi) is 16.6. The quantitative estimate of drug-likeness (QED) is 0.203. The van der Waals surface area contributed by atoms with E-state index in [0.29, 0.717) is 12.7 Å². The monoisotopic (exact) mass is 394 g/mol. The molecule has 1 rings (SSSR count). The van der Waals surface area contributed by atoms with Crippen LogP contribution in [0.5, 0.6) is 0 Å². The summed E-state index contributed by atoms with van der Waals surface area (Å²) in [6.07, 6.45) is 7.78. The fraction of sp³-hybridized carbons (Fsp3) is 1.00. The molecule has 0 aromatic rings. The Morgan fingerprint density at radius 2 is 1.28 bits per heavy atom. The molecule has 0 spiro atoms. The molecule has 152 valence electrons. The zero-order chi connectivity index (χ0) is 17.5. The van der Waals surface area contributed by atoms with Gasteiger partial charge < -0.3 is 22.8 Å². The Labute approximate surface area is 160 Å². The highest BCUT2D eigenvalue weighted by molar-refractivity contribution is 6.60. The summed E-state index contributed by atoms with van der Waals surface area (Å²) in [7, 11) is -2.58. The van der Waals surface area contributed by atoms with Crippen molar-refractivity contribution in [1.82, 2.24) is 0 Å². The average Bonchev–Trinajstić information content (AvgIpc) is 3.39. The highest BCUT2D eigenvalue weighted by Crippen LogP contribution is 2.20. The summed E-state index contributed by atoms with van der Waals surface area (Å²) in [6, 6.07) is 0.843. The minimum absolute atomic E-state index is 0. The third-order valence-corrected chi connectivity index (χ3v) is 6.84. The zero-order valence-electron chi connectivity index (χ0n) is 16.0. The van der Waals surface area contributed by atoms with Crippen molar-refractivity contribution in [2.24, 2.45) is 0 Å². The molecular weight excluding hydrogens is 352 g/mol. The second kappa shape index (κ2) is 16.4. The molecule has 0 bridgehead atoms. The van der Waals surface area contributed by atoms with Crippen molar-refractivity contribution < 1.29 is 22.8 Å². The standard InChI is InChI=1S/C18H38O5Si.H4Si/c1-4-7-12-21-24(22-13-8-5-2,23-14-9-6-3)15-10-11-19-16-18-17-20-18;/h18H,4-17H2,1-3H3;1H4. The van der Waals surface area contributed by atoms with Crippen LogP contribution < -0.4 is 0 Å². The predicted molar refractivity (Wildman–Crippen MR) is 110 cm³/mol. The van der Waals surface area contributed by atoms with Crippen molar-refractivity contribution >= 4 is 19.8 Å². The normalized spacial score (nSPS) is 16.7. The lowest BCUT2D eigenvalue weighted by atomic mass is 10.4. The predicted octanol–water partition coefficient (Wildman–Crippen LogP) is 2.73. The first kappa shape index (κ1) is 25.2. The van der Waals surface area contributed by atoms with Gasteiger partial charge in [-0.15, -0.1) is 0 Å². The lowest BCUT2D eigenvalue weighted by Crippen LogP contribution is -2.46. The van der Waals surface area contributed by atoms with E-state index in [1.165, 1.54) is 0 Å². The Balaban J connectivity index is 0.00000576. The molecule has 1 aliphatic rings. The van der Waals surface area contributed by atoms with Crippen molar-refractivity contribution in [2.75, 3.05) is 39.6 Å². The summed E-state index contributed by atoms with van der Waals surface area (Å²) in [6.45, 7) is 11.0. The third kappa shape index (κ3) is 13.1. The van der Waals surface area contributed by atoms with Gasteiger partial charge >= 0.3 is 8.80 Å². The lowest BCUT2D eigenvalue weighted by Gasteiger charge is -2.30. The smallest absolute Gasteiger partial charge is 0.379 e. The second-order valence-electron chi connectivity index (χ2n) is 6.42. The Morgan fingerprint density at radius 3 is 1.68 bits per heavy atom. The van der Waals surface area contributed by atoms with Gasteiger partial charge in [-0.1, -0.05) is 40.0 Å².